The molecule has 0 saturated carbocycles. The third kappa shape index (κ3) is 10.8. The van der Waals surface area contributed by atoms with Crippen molar-refractivity contribution in [2.24, 2.45) is 4.99 Å². The van der Waals surface area contributed by atoms with Crippen molar-refractivity contribution in [2.45, 2.75) is 45.6 Å². The van der Waals surface area contributed by atoms with Crippen LogP contribution in [0.1, 0.15) is 37.3 Å². The fourth-order valence-electron chi connectivity index (χ4n) is 3.30. The molecular weight excluding hydrogens is 531 g/mol. The van der Waals surface area contributed by atoms with Gasteiger partial charge in [0.15, 0.2) is 5.96 Å². The maximum atomic E-state index is 12.2. The number of aryl methyl sites for hydroxylation is 1. The van der Waals surface area contributed by atoms with Crippen LogP contribution in [-0.2, 0) is 21.2 Å². The number of guanidine groups is 1. The second kappa shape index (κ2) is 14.9. The Kier molecular flexibility index (Phi) is 13.4. The van der Waals surface area contributed by atoms with E-state index in [1.54, 1.807) is 7.11 Å². The lowest BCUT2D eigenvalue weighted by atomic mass is 10.1. The average Bonchev–Trinajstić information content (AvgIpc) is 2.73. The summed E-state index contributed by atoms with van der Waals surface area (Å²) < 4.78 is 38.1. The molecule has 1 saturated heterocycles. The summed E-state index contributed by atoms with van der Waals surface area (Å²) in [6, 6.07) is 6.11. The third-order valence-electron chi connectivity index (χ3n) is 4.90. The van der Waals surface area contributed by atoms with Crippen molar-refractivity contribution in [1.82, 2.24) is 15.4 Å². The van der Waals surface area contributed by atoms with E-state index in [2.05, 4.69) is 33.3 Å². The summed E-state index contributed by atoms with van der Waals surface area (Å²) in [6.07, 6.45) is 3.80. The standard InChI is InChI=1S/C21H36N4O4S.HI/c1-4-22-21(23-11-10-18-15-17(2)8-9-20(18)28-3)24-12-14-30(26,27)25-16-19-7-5-6-13-29-19;/h8-9,15,19,25H,4-7,10-14,16H2,1-3H3,(H2,22,23,24);1H. The average molecular weight is 569 g/mol. The van der Waals surface area contributed by atoms with Crippen LogP contribution in [0.2, 0.25) is 0 Å². The topological polar surface area (TPSA) is 101 Å². The summed E-state index contributed by atoms with van der Waals surface area (Å²) in [6.45, 7) is 6.62. The molecule has 0 amide bonds. The highest BCUT2D eigenvalue weighted by Gasteiger charge is 2.17. The molecule has 3 N–H and O–H groups in total. The van der Waals surface area contributed by atoms with E-state index in [1.165, 1.54) is 5.56 Å². The van der Waals surface area contributed by atoms with Gasteiger partial charge < -0.3 is 20.1 Å². The first-order valence-electron chi connectivity index (χ1n) is 10.7. The minimum Gasteiger partial charge on any atom is -0.496 e. The Balaban J connectivity index is 0.00000480. The molecule has 2 rings (SSSR count). The van der Waals surface area contributed by atoms with Crippen LogP contribution in [0.25, 0.3) is 0 Å². The zero-order valence-electron chi connectivity index (χ0n) is 18.8. The number of hydrogen-bond donors (Lipinski definition) is 3. The van der Waals surface area contributed by atoms with Crippen molar-refractivity contribution in [3.05, 3.63) is 29.3 Å². The lowest BCUT2D eigenvalue weighted by Crippen LogP contribution is -2.39. The van der Waals surface area contributed by atoms with Crippen molar-refractivity contribution < 1.29 is 17.9 Å². The molecule has 0 bridgehead atoms. The third-order valence-corrected chi connectivity index (χ3v) is 6.23. The molecule has 0 aromatic heterocycles. The van der Waals surface area contributed by atoms with Gasteiger partial charge in [-0.05, 0) is 51.2 Å². The van der Waals surface area contributed by atoms with Crippen molar-refractivity contribution in [3.8, 4) is 5.75 Å². The van der Waals surface area contributed by atoms with Crippen LogP contribution in [0, 0.1) is 6.92 Å². The zero-order valence-corrected chi connectivity index (χ0v) is 21.9. The van der Waals surface area contributed by atoms with E-state index in [4.69, 9.17) is 9.47 Å². The molecule has 1 atom stereocenters. The Morgan fingerprint density at radius 3 is 2.77 bits per heavy atom. The Bertz CT molecular complexity index is 784. The summed E-state index contributed by atoms with van der Waals surface area (Å²) >= 11 is 0. The number of ether oxygens (including phenoxy) is 2. The van der Waals surface area contributed by atoms with E-state index in [9.17, 15) is 8.42 Å². The monoisotopic (exact) mass is 568 g/mol. The van der Waals surface area contributed by atoms with Gasteiger partial charge in [-0.1, -0.05) is 17.7 Å². The van der Waals surface area contributed by atoms with Gasteiger partial charge in [0.25, 0.3) is 0 Å². The molecule has 8 nitrogen and oxygen atoms in total. The van der Waals surface area contributed by atoms with Gasteiger partial charge >= 0.3 is 0 Å². The molecule has 1 aromatic rings. The molecule has 1 unspecified atom stereocenters. The number of sulfonamides is 1. The first kappa shape index (κ1) is 27.9. The lowest BCUT2D eigenvalue weighted by molar-refractivity contribution is 0.0200. The van der Waals surface area contributed by atoms with E-state index < -0.39 is 10.0 Å². The number of halogens is 1. The van der Waals surface area contributed by atoms with Crippen LogP contribution in [0.5, 0.6) is 5.75 Å². The number of benzene rings is 1. The minimum atomic E-state index is -3.38. The molecule has 1 heterocycles. The van der Waals surface area contributed by atoms with Crippen molar-refractivity contribution in [3.63, 3.8) is 0 Å². The van der Waals surface area contributed by atoms with Crippen LogP contribution in [0.15, 0.2) is 23.2 Å². The Hall–Kier alpha value is -1.11. The molecule has 0 radical (unpaired) electrons. The highest BCUT2D eigenvalue weighted by atomic mass is 127. The SMILES string of the molecule is CCNC(=NCCS(=O)(=O)NCC1CCCCO1)NCCc1cc(C)ccc1OC.I. The van der Waals surface area contributed by atoms with Gasteiger partial charge in [0, 0.05) is 26.2 Å². The minimum absolute atomic E-state index is 0. The molecule has 1 aromatic carbocycles. The first-order valence-corrected chi connectivity index (χ1v) is 12.3. The number of hydrogen-bond acceptors (Lipinski definition) is 5. The summed E-state index contributed by atoms with van der Waals surface area (Å²) in [5.41, 5.74) is 2.31. The normalized spacial score (nSPS) is 17.0. The molecule has 178 valence electrons. The smallest absolute Gasteiger partial charge is 0.213 e. The molecule has 1 aliphatic heterocycles. The fraction of sp³-hybridized carbons (Fsp3) is 0.667. The van der Waals surface area contributed by atoms with Gasteiger partial charge in [-0.15, -0.1) is 24.0 Å². The highest BCUT2D eigenvalue weighted by Crippen LogP contribution is 2.19. The summed E-state index contributed by atoms with van der Waals surface area (Å²) in [5.74, 6) is 1.42. The van der Waals surface area contributed by atoms with E-state index in [0.29, 0.717) is 32.2 Å². The number of nitrogens with zero attached hydrogens (tertiary/aromatic N) is 1. The fourth-order valence-corrected chi connectivity index (χ4v) is 4.21. The largest absolute Gasteiger partial charge is 0.496 e. The second-order valence-corrected chi connectivity index (χ2v) is 9.34. The molecule has 31 heavy (non-hydrogen) atoms. The van der Waals surface area contributed by atoms with Crippen LogP contribution in [0.3, 0.4) is 0 Å². The number of aliphatic imine (C=N–C) groups is 1. The maximum Gasteiger partial charge on any atom is 0.213 e. The molecule has 1 aliphatic rings. The van der Waals surface area contributed by atoms with Crippen molar-refractivity contribution >= 4 is 40.0 Å². The van der Waals surface area contributed by atoms with Gasteiger partial charge in [0.05, 0.1) is 25.5 Å². The number of rotatable bonds is 11. The Labute approximate surface area is 204 Å². The Morgan fingerprint density at radius 2 is 2.10 bits per heavy atom. The quantitative estimate of drug-likeness (QED) is 0.215. The van der Waals surface area contributed by atoms with Crippen molar-refractivity contribution in [1.29, 1.82) is 0 Å². The summed E-state index contributed by atoms with van der Waals surface area (Å²) in [4.78, 5) is 4.40. The molecule has 0 aliphatic carbocycles. The zero-order chi connectivity index (χ0) is 21.8. The molecule has 1 fully saturated rings. The van der Waals surface area contributed by atoms with Gasteiger partial charge in [0.2, 0.25) is 10.0 Å². The van der Waals surface area contributed by atoms with Crippen LogP contribution in [0.4, 0.5) is 0 Å². The van der Waals surface area contributed by atoms with Gasteiger partial charge in [-0.3, -0.25) is 4.99 Å². The first-order chi connectivity index (χ1) is 14.4. The van der Waals surface area contributed by atoms with Crippen LogP contribution in [-0.4, -0.2) is 66.1 Å². The van der Waals surface area contributed by atoms with Gasteiger partial charge in [-0.2, -0.15) is 0 Å². The van der Waals surface area contributed by atoms with E-state index >= 15 is 0 Å². The number of methoxy groups -OCH3 is 1. The van der Waals surface area contributed by atoms with Crippen LogP contribution < -0.4 is 20.1 Å². The lowest BCUT2D eigenvalue weighted by Gasteiger charge is -2.22. The van der Waals surface area contributed by atoms with Gasteiger partial charge in [-0.25, -0.2) is 13.1 Å². The number of nitrogens with one attached hydrogen (secondary N) is 3. The van der Waals surface area contributed by atoms with E-state index in [0.717, 1.165) is 37.0 Å². The second-order valence-electron chi connectivity index (χ2n) is 7.41. The van der Waals surface area contributed by atoms with Crippen LogP contribution >= 0.6 is 24.0 Å². The predicted octanol–water partition coefficient (Wildman–Crippen LogP) is 2.21. The maximum absolute atomic E-state index is 12.2. The Morgan fingerprint density at radius 1 is 1.29 bits per heavy atom. The van der Waals surface area contributed by atoms with Crippen molar-refractivity contribution in [2.75, 3.05) is 45.6 Å². The molecular formula is C21H37IN4O4S. The highest BCUT2D eigenvalue weighted by molar-refractivity contribution is 14.0. The summed E-state index contributed by atoms with van der Waals surface area (Å²) in [7, 11) is -1.71. The summed E-state index contributed by atoms with van der Waals surface area (Å²) in [5, 5.41) is 6.41. The molecule has 10 heteroatoms. The molecule has 0 spiro atoms. The van der Waals surface area contributed by atoms with E-state index in [-0.39, 0.29) is 42.4 Å². The predicted molar refractivity (Wildman–Crippen MR) is 136 cm³/mol. The van der Waals surface area contributed by atoms with E-state index in [1.807, 2.05) is 19.1 Å². The van der Waals surface area contributed by atoms with Gasteiger partial charge in [0.1, 0.15) is 5.75 Å².